The lowest BCUT2D eigenvalue weighted by Crippen LogP contribution is -2.31. The second-order valence-electron chi connectivity index (χ2n) is 12.5. The van der Waals surface area contributed by atoms with Crippen molar-refractivity contribution < 1.29 is 34.1 Å². The quantitative estimate of drug-likeness (QED) is 0.0427. The molecule has 4 aromatic carbocycles. The zero-order valence-corrected chi connectivity index (χ0v) is 29.3. The van der Waals surface area contributed by atoms with Gasteiger partial charge in [0.1, 0.15) is 0 Å². The second kappa shape index (κ2) is 19.1. The molecule has 0 saturated carbocycles. The molecule has 1 aliphatic rings. The highest BCUT2D eigenvalue weighted by molar-refractivity contribution is 7.99. The fraction of sp³-hybridized carbons (Fsp3) is 0.325. The molecule has 0 bridgehead atoms. The van der Waals surface area contributed by atoms with Crippen LogP contribution in [0.4, 0.5) is 11.4 Å². The lowest BCUT2D eigenvalue weighted by Gasteiger charge is -2.36. The molecule has 1 fully saturated rings. The second-order valence-corrected chi connectivity index (χ2v) is 13.6. The molecule has 1 saturated heterocycles. The molecule has 0 radical (unpaired) electrons. The number of hydrogen-bond donors (Lipinski definition) is 5. The van der Waals surface area contributed by atoms with Crippen LogP contribution >= 0.6 is 11.8 Å². The molecular weight excluding hydrogens is 667 g/mol. The monoisotopic (exact) mass is 711 g/mol. The van der Waals surface area contributed by atoms with Gasteiger partial charge in [-0.15, -0.1) is 11.8 Å². The van der Waals surface area contributed by atoms with E-state index in [2.05, 4.69) is 10.6 Å². The summed E-state index contributed by atoms with van der Waals surface area (Å²) in [6.45, 7) is 0.358. The van der Waals surface area contributed by atoms with Crippen LogP contribution in [0.2, 0.25) is 0 Å². The molecule has 0 spiro atoms. The number of nitrogen functional groups attached to an aromatic ring is 1. The summed E-state index contributed by atoms with van der Waals surface area (Å²) in [7, 11) is 0. The van der Waals surface area contributed by atoms with Gasteiger partial charge in [-0.25, -0.2) is 4.79 Å². The number of unbranched alkanes of at least 4 members (excludes halogenated alkanes) is 3. The maximum absolute atomic E-state index is 12.5. The Bertz CT molecular complexity index is 1750. The Morgan fingerprint density at radius 2 is 1.41 bits per heavy atom. The normalized spacial score (nSPS) is 17.1. The average molecular weight is 712 g/mol. The first-order chi connectivity index (χ1) is 24.8. The van der Waals surface area contributed by atoms with Gasteiger partial charge < -0.3 is 36.1 Å². The standard InChI is InChI=1S/C40H45N3O7S/c41-33-10-6-7-11-34(33)43-38(46)14-4-2-1-3-13-37(45)42-24-27-15-21-30(22-16-27)40-49-31(26-51-36-12-8-5-9-32(36)39(47)48)23-35(50-40)29-19-17-28(25-44)18-20-29/h5-12,15-22,31,35,40,44H,1-4,13-14,23-26,41H2,(H,42,45)(H,43,46)(H,47,48)/t31-,35+,40+/m1/s1. The molecule has 5 rings (SSSR count). The van der Waals surface area contributed by atoms with Gasteiger partial charge in [0, 0.05) is 42.0 Å². The highest BCUT2D eigenvalue weighted by Gasteiger charge is 2.32. The van der Waals surface area contributed by atoms with Crippen LogP contribution in [0.15, 0.2) is 102 Å². The van der Waals surface area contributed by atoms with Crippen LogP contribution in [-0.4, -0.2) is 39.9 Å². The van der Waals surface area contributed by atoms with E-state index in [4.69, 9.17) is 15.2 Å². The van der Waals surface area contributed by atoms with E-state index in [0.717, 1.165) is 47.9 Å². The van der Waals surface area contributed by atoms with Gasteiger partial charge in [-0.2, -0.15) is 0 Å². The van der Waals surface area contributed by atoms with Crippen LogP contribution in [0.25, 0.3) is 0 Å². The third kappa shape index (κ3) is 11.4. The van der Waals surface area contributed by atoms with Crippen LogP contribution in [-0.2, 0) is 32.2 Å². The number of benzene rings is 4. The number of carboxylic acids is 1. The van der Waals surface area contributed by atoms with Gasteiger partial charge >= 0.3 is 5.97 Å². The van der Waals surface area contributed by atoms with Crippen molar-refractivity contribution in [3.8, 4) is 0 Å². The van der Waals surface area contributed by atoms with Gasteiger partial charge in [0.15, 0.2) is 6.29 Å². The van der Waals surface area contributed by atoms with Crippen molar-refractivity contribution in [3.63, 3.8) is 0 Å². The lowest BCUT2D eigenvalue weighted by atomic mass is 10.0. The molecule has 3 atom stereocenters. The number of hydrogen-bond acceptors (Lipinski definition) is 8. The first-order valence-corrected chi connectivity index (χ1v) is 18.2. The third-order valence-corrected chi connectivity index (χ3v) is 9.90. The number of nitrogens with two attached hydrogens (primary N) is 1. The highest BCUT2D eigenvalue weighted by atomic mass is 32.2. The van der Waals surface area contributed by atoms with Gasteiger partial charge in [-0.3, -0.25) is 9.59 Å². The van der Waals surface area contributed by atoms with Crippen LogP contribution < -0.4 is 16.4 Å². The summed E-state index contributed by atoms with van der Waals surface area (Å²) < 4.78 is 12.9. The number of para-hydroxylation sites is 2. The van der Waals surface area contributed by atoms with Crippen molar-refractivity contribution in [2.75, 3.05) is 16.8 Å². The Balaban J connectivity index is 1.08. The van der Waals surface area contributed by atoms with Gasteiger partial charge in [-0.1, -0.05) is 85.6 Å². The Kier molecular flexibility index (Phi) is 14.1. The molecule has 6 N–H and O–H groups in total. The molecule has 2 amide bonds. The van der Waals surface area contributed by atoms with E-state index in [9.17, 15) is 24.6 Å². The summed E-state index contributed by atoms with van der Waals surface area (Å²) in [5.41, 5.74) is 10.9. The maximum Gasteiger partial charge on any atom is 0.336 e. The van der Waals surface area contributed by atoms with Crippen molar-refractivity contribution in [2.45, 2.75) is 81.5 Å². The van der Waals surface area contributed by atoms with E-state index in [1.165, 1.54) is 11.8 Å². The summed E-state index contributed by atoms with van der Waals surface area (Å²) in [6, 6.07) is 29.6. The van der Waals surface area contributed by atoms with Crippen molar-refractivity contribution in [1.29, 1.82) is 0 Å². The van der Waals surface area contributed by atoms with E-state index in [1.807, 2.05) is 66.7 Å². The Morgan fingerprint density at radius 1 is 0.765 bits per heavy atom. The number of thioether (sulfide) groups is 1. The van der Waals surface area contributed by atoms with Crippen molar-refractivity contribution in [1.82, 2.24) is 5.32 Å². The van der Waals surface area contributed by atoms with E-state index in [0.29, 0.717) is 47.8 Å². The molecule has 11 heteroatoms. The SMILES string of the molecule is Nc1ccccc1NC(=O)CCCCCCC(=O)NCc1ccc([C@H]2O[C@@H](CSc3ccccc3C(=O)O)C[C@@H](c3ccc(CO)cc3)O2)cc1. The Hall–Kier alpha value is -4.68. The molecular formula is C40H45N3O7S. The third-order valence-electron chi connectivity index (χ3n) is 8.69. The highest BCUT2D eigenvalue weighted by Crippen LogP contribution is 2.40. The Labute approximate surface area is 302 Å². The largest absolute Gasteiger partial charge is 0.478 e. The Morgan fingerprint density at radius 3 is 2.12 bits per heavy atom. The van der Waals surface area contributed by atoms with Crippen LogP contribution in [0.5, 0.6) is 0 Å². The van der Waals surface area contributed by atoms with E-state index in [-0.39, 0.29) is 36.2 Å². The summed E-state index contributed by atoms with van der Waals surface area (Å²) in [4.78, 5) is 37.1. The minimum absolute atomic E-state index is 0.0183. The van der Waals surface area contributed by atoms with Gasteiger partial charge in [0.25, 0.3) is 0 Å². The number of carbonyl (C=O) groups is 3. The molecule has 0 unspecified atom stereocenters. The van der Waals surface area contributed by atoms with Crippen molar-refractivity contribution in [2.24, 2.45) is 0 Å². The number of nitrogens with one attached hydrogen (secondary N) is 2. The fourth-order valence-corrected chi connectivity index (χ4v) is 6.87. The molecule has 0 aliphatic carbocycles. The van der Waals surface area contributed by atoms with Crippen molar-refractivity contribution >= 4 is 40.9 Å². The number of rotatable bonds is 17. The van der Waals surface area contributed by atoms with Crippen molar-refractivity contribution in [3.05, 3.63) is 125 Å². The molecule has 1 aliphatic heterocycles. The van der Waals surface area contributed by atoms with E-state index in [1.54, 1.807) is 30.3 Å². The molecule has 0 aromatic heterocycles. The number of ether oxygens (including phenoxy) is 2. The van der Waals surface area contributed by atoms with E-state index >= 15 is 0 Å². The fourth-order valence-electron chi connectivity index (χ4n) is 5.80. The predicted molar refractivity (Wildman–Crippen MR) is 198 cm³/mol. The predicted octanol–water partition coefficient (Wildman–Crippen LogP) is 7.39. The minimum Gasteiger partial charge on any atom is -0.478 e. The number of carboxylic acid groups (broad SMARTS) is 1. The number of amides is 2. The average Bonchev–Trinajstić information content (AvgIpc) is 3.15. The smallest absolute Gasteiger partial charge is 0.336 e. The summed E-state index contributed by atoms with van der Waals surface area (Å²) in [5.74, 6) is -0.510. The number of aromatic carboxylic acids is 1. The topological polar surface area (TPSA) is 160 Å². The van der Waals surface area contributed by atoms with Gasteiger partial charge in [0.2, 0.25) is 11.8 Å². The zero-order valence-electron chi connectivity index (χ0n) is 28.5. The van der Waals surface area contributed by atoms with E-state index < -0.39 is 12.3 Å². The minimum atomic E-state index is -0.966. The number of carbonyl (C=O) groups excluding carboxylic acids is 2. The maximum atomic E-state index is 12.5. The number of aliphatic hydroxyl groups is 1. The van der Waals surface area contributed by atoms with Crippen LogP contribution in [0, 0.1) is 0 Å². The zero-order chi connectivity index (χ0) is 36.0. The summed E-state index contributed by atoms with van der Waals surface area (Å²) >= 11 is 1.45. The number of anilines is 2. The molecule has 51 heavy (non-hydrogen) atoms. The number of aliphatic hydroxyl groups excluding tert-OH is 1. The van der Waals surface area contributed by atoms with Crippen LogP contribution in [0.3, 0.4) is 0 Å². The summed E-state index contributed by atoms with van der Waals surface area (Å²) in [5, 5.41) is 24.9. The molecule has 4 aromatic rings. The molecule has 10 nitrogen and oxygen atoms in total. The van der Waals surface area contributed by atoms with Crippen LogP contribution in [0.1, 0.15) is 90.0 Å². The van der Waals surface area contributed by atoms with Gasteiger partial charge in [-0.05, 0) is 53.8 Å². The summed E-state index contributed by atoms with van der Waals surface area (Å²) in [6.07, 6.45) is 3.51. The first kappa shape index (κ1) is 37.6. The van der Waals surface area contributed by atoms with Gasteiger partial charge in [0.05, 0.1) is 35.8 Å². The lowest BCUT2D eigenvalue weighted by molar-refractivity contribution is -0.245. The molecule has 1 heterocycles. The molecule has 268 valence electrons. The first-order valence-electron chi connectivity index (χ1n) is 17.2.